The van der Waals surface area contributed by atoms with Gasteiger partial charge in [-0.2, -0.15) is 0 Å². The van der Waals surface area contributed by atoms with Crippen molar-refractivity contribution in [2.24, 2.45) is 5.92 Å². The fraction of sp³-hybridized carbons (Fsp3) is 0.353. The molecule has 1 amide bonds. The summed E-state index contributed by atoms with van der Waals surface area (Å²) >= 11 is 0. The predicted octanol–water partition coefficient (Wildman–Crippen LogP) is 1.81. The smallest absolute Gasteiger partial charge is 0.231 e. The lowest BCUT2D eigenvalue weighted by Gasteiger charge is -2.32. The maximum absolute atomic E-state index is 12.5. The third-order valence-electron chi connectivity index (χ3n) is 4.40. The van der Waals surface area contributed by atoms with Crippen molar-refractivity contribution in [3.8, 4) is 5.82 Å². The number of carbonyl (C=O) groups is 1. The number of aromatic nitrogens is 5. The number of carbonyl (C=O) groups excluding carboxylic acids is 1. The highest BCUT2D eigenvalue weighted by molar-refractivity contribution is 5.91. The lowest BCUT2D eigenvalue weighted by Crippen LogP contribution is -2.41. The van der Waals surface area contributed by atoms with Crippen molar-refractivity contribution < 1.29 is 9.32 Å². The summed E-state index contributed by atoms with van der Waals surface area (Å²) in [5.41, 5.74) is 0.735. The van der Waals surface area contributed by atoms with Gasteiger partial charge in [0.15, 0.2) is 11.6 Å². The second-order valence-corrected chi connectivity index (χ2v) is 6.33. The number of imidazole rings is 1. The second kappa shape index (κ2) is 6.95. The summed E-state index contributed by atoms with van der Waals surface area (Å²) in [5, 5.41) is 15.1. The Morgan fingerprint density at radius 2 is 2.15 bits per heavy atom. The standard InChI is InChI=1S/C17H19N7O2/c1-12-9-16(26-22-12)19-17(25)13-3-2-7-23(10-13)14-4-5-15(21-20-14)24-8-6-18-11-24/h4-6,8-9,11,13H,2-3,7,10H2,1H3,(H,19,25). The number of nitrogens with zero attached hydrogens (tertiary/aromatic N) is 6. The van der Waals surface area contributed by atoms with Gasteiger partial charge in [0.2, 0.25) is 11.8 Å². The van der Waals surface area contributed by atoms with E-state index >= 15 is 0 Å². The van der Waals surface area contributed by atoms with Crippen LogP contribution in [-0.2, 0) is 4.79 Å². The topological polar surface area (TPSA) is 102 Å². The lowest BCUT2D eigenvalue weighted by atomic mass is 9.97. The van der Waals surface area contributed by atoms with E-state index in [0.29, 0.717) is 18.2 Å². The lowest BCUT2D eigenvalue weighted by molar-refractivity contribution is -0.120. The molecule has 0 radical (unpaired) electrons. The van der Waals surface area contributed by atoms with Crippen LogP contribution in [0.2, 0.25) is 0 Å². The largest absolute Gasteiger partial charge is 0.354 e. The van der Waals surface area contributed by atoms with Gasteiger partial charge in [-0.3, -0.25) is 14.7 Å². The van der Waals surface area contributed by atoms with Gasteiger partial charge in [0, 0.05) is 31.5 Å². The SMILES string of the molecule is Cc1cc(NC(=O)C2CCCN(c3ccc(-n4ccnc4)nn3)C2)on1. The number of nitrogens with one attached hydrogen (secondary N) is 1. The van der Waals surface area contributed by atoms with E-state index in [0.717, 1.165) is 30.9 Å². The molecule has 3 aromatic heterocycles. The Balaban J connectivity index is 1.42. The van der Waals surface area contributed by atoms with Gasteiger partial charge in [0.05, 0.1) is 11.6 Å². The zero-order chi connectivity index (χ0) is 17.9. The quantitative estimate of drug-likeness (QED) is 0.763. The van der Waals surface area contributed by atoms with Gasteiger partial charge in [-0.15, -0.1) is 10.2 Å². The van der Waals surface area contributed by atoms with E-state index in [-0.39, 0.29) is 11.8 Å². The van der Waals surface area contributed by atoms with Gasteiger partial charge in [0.1, 0.15) is 6.33 Å². The number of piperidine rings is 1. The molecular formula is C17H19N7O2. The third-order valence-corrected chi connectivity index (χ3v) is 4.40. The van der Waals surface area contributed by atoms with E-state index in [1.807, 2.05) is 25.3 Å². The van der Waals surface area contributed by atoms with Gasteiger partial charge in [-0.25, -0.2) is 4.98 Å². The summed E-state index contributed by atoms with van der Waals surface area (Å²) in [6.07, 6.45) is 6.93. The number of rotatable bonds is 4. The molecule has 3 aromatic rings. The molecule has 1 aliphatic rings. The van der Waals surface area contributed by atoms with Crippen molar-refractivity contribution in [1.29, 1.82) is 0 Å². The molecule has 0 saturated carbocycles. The van der Waals surface area contributed by atoms with Crippen LogP contribution in [0.25, 0.3) is 5.82 Å². The van der Waals surface area contributed by atoms with Crippen LogP contribution in [0.15, 0.2) is 41.4 Å². The second-order valence-electron chi connectivity index (χ2n) is 6.33. The molecule has 26 heavy (non-hydrogen) atoms. The Kier molecular flexibility index (Phi) is 4.34. The number of hydrogen-bond acceptors (Lipinski definition) is 7. The van der Waals surface area contributed by atoms with Crippen LogP contribution in [0.1, 0.15) is 18.5 Å². The number of amides is 1. The van der Waals surface area contributed by atoms with E-state index in [9.17, 15) is 4.79 Å². The first kappa shape index (κ1) is 16.2. The molecule has 1 unspecified atom stereocenters. The van der Waals surface area contributed by atoms with Crippen LogP contribution in [0.5, 0.6) is 0 Å². The molecule has 0 aliphatic carbocycles. The Bertz CT molecular complexity index is 873. The molecule has 1 N–H and O–H groups in total. The highest BCUT2D eigenvalue weighted by Crippen LogP contribution is 2.23. The fourth-order valence-corrected chi connectivity index (χ4v) is 3.06. The fourth-order valence-electron chi connectivity index (χ4n) is 3.06. The van der Waals surface area contributed by atoms with E-state index < -0.39 is 0 Å². The summed E-state index contributed by atoms with van der Waals surface area (Å²) in [4.78, 5) is 18.6. The van der Waals surface area contributed by atoms with Crippen molar-refractivity contribution in [3.63, 3.8) is 0 Å². The van der Waals surface area contributed by atoms with Crippen molar-refractivity contribution >= 4 is 17.6 Å². The van der Waals surface area contributed by atoms with Crippen molar-refractivity contribution in [1.82, 2.24) is 24.9 Å². The van der Waals surface area contributed by atoms with Crippen LogP contribution in [0.3, 0.4) is 0 Å². The first-order chi connectivity index (χ1) is 12.7. The molecule has 134 valence electrons. The number of anilines is 2. The van der Waals surface area contributed by atoms with Gasteiger partial charge < -0.3 is 9.42 Å². The highest BCUT2D eigenvalue weighted by atomic mass is 16.5. The van der Waals surface area contributed by atoms with Crippen LogP contribution in [-0.4, -0.2) is 43.9 Å². The molecular weight excluding hydrogens is 334 g/mol. The molecule has 0 bridgehead atoms. The molecule has 4 rings (SSSR count). The van der Waals surface area contributed by atoms with Crippen LogP contribution < -0.4 is 10.2 Å². The summed E-state index contributed by atoms with van der Waals surface area (Å²) in [6.45, 7) is 3.26. The van der Waals surface area contributed by atoms with Crippen LogP contribution >= 0.6 is 0 Å². The monoisotopic (exact) mass is 353 g/mol. The maximum atomic E-state index is 12.5. The molecule has 1 fully saturated rings. The average Bonchev–Trinajstić information content (AvgIpc) is 3.34. The molecule has 9 heteroatoms. The maximum Gasteiger partial charge on any atom is 0.231 e. The first-order valence-electron chi connectivity index (χ1n) is 8.50. The Morgan fingerprint density at radius 3 is 2.85 bits per heavy atom. The molecule has 1 saturated heterocycles. The summed E-state index contributed by atoms with van der Waals surface area (Å²) in [5.74, 6) is 1.66. The Morgan fingerprint density at radius 1 is 1.31 bits per heavy atom. The van der Waals surface area contributed by atoms with Gasteiger partial charge in [0.25, 0.3) is 0 Å². The van der Waals surface area contributed by atoms with E-state index in [1.54, 1.807) is 23.2 Å². The van der Waals surface area contributed by atoms with Gasteiger partial charge >= 0.3 is 0 Å². The van der Waals surface area contributed by atoms with Crippen molar-refractivity contribution in [2.45, 2.75) is 19.8 Å². The summed E-state index contributed by atoms with van der Waals surface area (Å²) < 4.78 is 6.85. The van der Waals surface area contributed by atoms with E-state index in [2.05, 4.69) is 30.6 Å². The molecule has 9 nitrogen and oxygen atoms in total. The van der Waals surface area contributed by atoms with E-state index in [4.69, 9.17) is 4.52 Å². The minimum Gasteiger partial charge on any atom is -0.354 e. The molecule has 1 atom stereocenters. The minimum absolute atomic E-state index is 0.0613. The summed E-state index contributed by atoms with van der Waals surface area (Å²) in [6, 6.07) is 5.52. The Labute approximate surface area is 150 Å². The Hall–Kier alpha value is -3.23. The zero-order valence-electron chi connectivity index (χ0n) is 14.4. The first-order valence-corrected chi connectivity index (χ1v) is 8.50. The average molecular weight is 353 g/mol. The van der Waals surface area contributed by atoms with E-state index in [1.165, 1.54) is 0 Å². The normalized spacial score (nSPS) is 17.3. The van der Waals surface area contributed by atoms with Crippen LogP contribution in [0.4, 0.5) is 11.7 Å². The number of aryl methyl sites for hydroxylation is 1. The molecule has 1 aliphatic heterocycles. The number of hydrogen-bond donors (Lipinski definition) is 1. The molecule has 0 spiro atoms. The summed E-state index contributed by atoms with van der Waals surface area (Å²) in [7, 11) is 0. The third kappa shape index (κ3) is 3.41. The van der Waals surface area contributed by atoms with Gasteiger partial charge in [-0.1, -0.05) is 5.16 Å². The van der Waals surface area contributed by atoms with Gasteiger partial charge in [-0.05, 0) is 31.9 Å². The highest BCUT2D eigenvalue weighted by Gasteiger charge is 2.27. The van der Waals surface area contributed by atoms with Crippen molar-refractivity contribution in [2.75, 3.05) is 23.3 Å². The van der Waals surface area contributed by atoms with Crippen molar-refractivity contribution in [3.05, 3.63) is 42.6 Å². The predicted molar refractivity (Wildman–Crippen MR) is 94.0 cm³/mol. The zero-order valence-corrected chi connectivity index (χ0v) is 14.4. The molecule has 4 heterocycles. The van der Waals surface area contributed by atoms with Crippen LogP contribution in [0, 0.1) is 12.8 Å². The molecule has 0 aromatic carbocycles. The minimum atomic E-state index is -0.135.